The first kappa shape index (κ1) is 18.5. The van der Waals surface area contributed by atoms with E-state index in [0.29, 0.717) is 10.9 Å². The monoisotopic (exact) mass is 375 g/mol. The van der Waals surface area contributed by atoms with Gasteiger partial charge in [-0.25, -0.2) is 24.0 Å². The molecule has 0 aliphatic carbocycles. The van der Waals surface area contributed by atoms with Crippen molar-refractivity contribution >= 4 is 22.8 Å². The van der Waals surface area contributed by atoms with Gasteiger partial charge in [0, 0.05) is 17.0 Å². The van der Waals surface area contributed by atoms with Crippen molar-refractivity contribution < 1.29 is 28.3 Å². The molecule has 0 atom stereocenters. The lowest BCUT2D eigenvalue weighted by molar-refractivity contribution is 0.0514. The highest BCUT2D eigenvalue weighted by atomic mass is 19.1. The number of benzene rings is 1. The molecule has 0 spiro atoms. The Labute approximate surface area is 152 Å². The van der Waals surface area contributed by atoms with Crippen LogP contribution in [0.4, 0.5) is 8.78 Å². The van der Waals surface area contributed by atoms with Gasteiger partial charge in [-0.2, -0.15) is 0 Å². The molecule has 0 bridgehead atoms. The summed E-state index contributed by atoms with van der Waals surface area (Å²) in [6.07, 6.45) is 1.32. The van der Waals surface area contributed by atoms with Crippen molar-refractivity contribution in [3.63, 3.8) is 0 Å². The third kappa shape index (κ3) is 3.63. The number of nitrogens with one attached hydrogen (secondary N) is 1. The maximum absolute atomic E-state index is 14.1. The van der Waals surface area contributed by atoms with E-state index >= 15 is 0 Å². The Hall–Kier alpha value is -3.33. The number of hydroxylamine groups is 1. The number of pyridine rings is 1. The summed E-state index contributed by atoms with van der Waals surface area (Å²) < 4.78 is 33.7. The molecule has 0 aliphatic heterocycles. The number of halogens is 2. The molecule has 0 saturated carbocycles. The van der Waals surface area contributed by atoms with Gasteiger partial charge in [-0.05, 0) is 25.1 Å². The first-order valence-corrected chi connectivity index (χ1v) is 7.99. The lowest BCUT2D eigenvalue weighted by Gasteiger charge is -2.11. The Balaban J connectivity index is 2.13. The molecular weight excluding hydrogens is 360 g/mol. The zero-order valence-electron chi connectivity index (χ0n) is 14.2. The van der Waals surface area contributed by atoms with Crippen LogP contribution in [0.25, 0.3) is 10.9 Å². The highest BCUT2D eigenvalue weighted by molar-refractivity contribution is 5.99. The van der Waals surface area contributed by atoms with E-state index in [0.717, 1.165) is 12.1 Å². The van der Waals surface area contributed by atoms with Crippen LogP contribution in [-0.4, -0.2) is 33.2 Å². The minimum atomic E-state index is -0.813. The number of esters is 1. The van der Waals surface area contributed by atoms with Crippen molar-refractivity contribution in [1.82, 2.24) is 15.0 Å². The van der Waals surface area contributed by atoms with Crippen LogP contribution in [0, 0.1) is 11.6 Å². The Kier molecular flexibility index (Phi) is 5.13. The Morgan fingerprint density at radius 2 is 2.04 bits per heavy atom. The first-order chi connectivity index (χ1) is 12.9. The number of carbonyl (C=O) groups excluding carboxylic acids is 2. The van der Waals surface area contributed by atoms with Crippen molar-refractivity contribution in [2.45, 2.75) is 13.5 Å². The summed E-state index contributed by atoms with van der Waals surface area (Å²) in [5, 5.41) is 9.20. The standard InChI is InChI=1S/C18H15F2N3O4/c1-2-27-18(25)15-6-11-5-14(17(24)22-26)21-8-16(11)23(15)9-10-3-4-12(19)7-13(10)20/h3-8,26H,2,9H2,1H3,(H,22,24). The van der Waals surface area contributed by atoms with E-state index in [-0.39, 0.29) is 30.1 Å². The van der Waals surface area contributed by atoms with Gasteiger partial charge >= 0.3 is 5.97 Å². The summed E-state index contributed by atoms with van der Waals surface area (Å²) in [5.41, 5.74) is 2.14. The molecule has 2 N–H and O–H groups in total. The molecule has 2 aromatic heterocycles. The molecule has 1 amide bonds. The maximum atomic E-state index is 14.1. The number of aromatic nitrogens is 2. The fourth-order valence-corrected chi connectivity index (χ4v) is 2.71. The number of rotatable bonds is 5. The van der Waals surface area contributed by atoms with E-state index in [1.165, 1.54) is 34.4 Å². The maximum Gasteiger partial charge on any atom is 0.354 e. The number of hydrogen-bond donors (Lipinski definition) is 2. The van der Waals surface area contributed by atoms with Crippen LogP contribution in [0.5, 0.6) is 0 Å². The molecular formula is C18H15F2N3O4. The van der Waals surface area contributed by atoms with Crippen LogP contribution in [-0.2, 0) is 11.3 Å². The molecule has 140 valence electrons. The molecule has 7 nitrogen and oxygen atoms in total. The SMILES string of the molecule is CCOC(=O)c1cc2cc(C(=O)NO)ncc2n1Cc1ccc(F)cc1F. The Morgan fingerprint density at radius 3 is 2.70 bits per heavy atom. The zero-order valence-corrected chi connectivity index (χ0v) is 14.2. The van der Waals surface area contributed by atoms with Crippen LogP contribution in [0.1, 0.15) is 33.5 Å². The lowest BCUT2D eigenvalue weighted by atomic mass is 10.2. The number of fused-ring (bicyclic) bond motifs is 1. The van der Waals surface area contributed by atoms with Gasteiger partial charge in [0.05, 0.1) is 24.9 Å². The van der Waals surface area contributed by atoms with Crippen LogP contribution >= 0.6 is 0 Å². The minimum absolute atomic E-state index is 0.0643. The van der Waals surface area contributed by atoms with Crippen LogP contribution < -0.4 is 5.48 Å². The lowest BCUT2D eigenvalue weighted by Crippen LogP contribution is -2.19. The summed E-state index contributed by atoms with van der Waals surface area (Å²) in [6, 6.07) is 6.02. The molecule has 2 heterocycles. The third-order valence-electron chi connectivity index (χ3n) is 3.95. The minimum Gasteiger partial charge on any atom is -0.461 e. The van der Waals surface area contributed by atoms with Crippen molar-refractivity contribution in [1.29, 1.82) is 0 Å². The van der Waals surface area contributed by atoms with Gasteiger partial charge in [0.2, 0.25) is 0 Å². The van der Waals surface area contributed by atoms with Gasteiger partial charge in [0.25, 0.3) is 5.91 Å². The highest BCUT2D eigenvalue weighted by Crippen LogP contribution is 2.23. The normalized spacial score (nSPS) is 10.8. The van der Waals surface area contributed by atoms with Gasteiger partial charge in [-0.1, -0.05) is 6.07 Å². The zero-order chi connectivity index (χ0) is 19.6. The predicted octanol–water partition coefficient (Wildman–Crippen LogP) is 2.66. The number of nitrogens with zero attached hydrogens (tertiary/aromatic N) is 2. The largest absolute Gasteiger partial charge is 0.461 e. The van der Waals surface area contributed by atoms with Crippen molar-refractivity contribution in [2.75, 3.05) is 6.61 Å². The molecule has 9 heteroatoms. The highest BCUT2D eigenvalue weighted by Gasteiger charge is 2.20. The van der Waals surface area contributed by atoms with Crippen molar-refractivity contribution in [2.24, 2.45) is 0 Å². The summed E-state index contributed by atoms with van der Waals surface area (Å²) in [4.78, 5) is 27.8. The topological polar surface area (TPSA) is 93.5 Å². The van der Waals surface area contributed by atoms with Crippen molar-refractivity contribution in [3.05, 3.63) is 65.1 Å². The predicted molar refractivity (Wildman–Crippen MR) is 90.4 cm³/mol. The van der Waals surface area contributed by atoms with E-state index in [2.05, 4.69) is 4.98 Å². The second-order valence-corrected chi connectivity index (χ2v) is 5.64. The van der Waals surface area contributed by atoms with E-state index in [4.69, 9.17) is 9.94 Å². The quantitative estimate of drug-likeness (QED) is 0.406. The number of amides is 1. The molecule has 0 fully saturated rings. The number of ether oxygens (including phenoxy) is 1. The molecule has 0 saturated heterocycles. The molecule has 0 aliphatic rings. The smallest absolute Gasteiger partial charge is 0.354 e. The van der Waals surface area contributed by atoms with Gasteiger partial charge in [-0.3, -0.25) is 10.0 Å². The average Bonchev–Trinajstić information content (AvgIpc) is 3.01. The van der Waals surface area contributed by atoms with Gasteiger partial charge < -0.3 is 9.30 Å². The third-order valence-corrected chi connectivity index (χ3v) is 3.95. The molecule has 0 unspecified atom stereocenters. The molecule has 27 heavy (non-hydrogen) atoms. The van der Waals surface area contributed by atoms with Gasteiger partial charge in [-0.15, -0.1) is 0 Å². The summed E-state index contributed by atoms with van der Waals surface area (Å²) in [6.45, 7) is 1.72. The van der Waals surface area contributed by atoms with Crippen LogP contribution in [0.15, 0.2) is 36.5 Å². The second-order valence-electron chi connectivity index (χ2n) is 5.64. The van der Waals surface area contributed by atoms with Crippen molar-refractivity contribution in [3.8, 4) is 0 Å². The van der Waals surface area contributed by atoms with E-state index in [1.807, 2.05) is 0 Å². The van der Waals surface area contributed by atoms with Crippen LogP contribution in [0.2, 0.25) is 0 Å². The number of carbonyl (C=O) groups is 2. The van der Waals surface area contributed by atoms with E-state index < -0.39 is 23.5 Å². The Bertz CT molecular complexity index is 1030. The van der Waals surface area contributed by atoms with E-state index in [1.54, 1.807) is 6.92 Å². The fraction of sp³-hybridized carbons (Fsp3) is 0.167. The number of hydrogen-bond acceptors (Lipinski definition) is 5. The molecule has 1 aromatic carbocycles. The average molecular weight is 375 g/mol. The summed E-state index contributed by atoms with van der Waals surface area (Å²) in [5.74, 6) is -2.91. The summed E-state index contributed by atoms with van der Waals surface area (Å²) in [7, 11) is 0. The summed E-state index contributed by atoms with van der Waals surface area (Å²) >= 11 is 0. The van der Waals surface area contributed by atoms with Gasteiger partial charge in [0.15, 0.2) is 0 Å². The van der Waals surface area contributed by atoms with Gasteiger partial charge in [0.1, 0.15) is 23.0 Å². The molecule has 3 aromatic rings. The molecule has 0 radical (unpaired) electrons. The molecule has 3 rings (SSSR count). The Morgan fingerprint density at radius 1 is 1.26 bits per heavy atom. The van der Waals surface area contributed by atoms with Crippen LogP contribution in [0.3, 0.4) is 0 Å². The van der Waals surface area contributed by atoms with E-state index in [9.17, 15) is 18.4 Å². The second kappa shape index (κ2) is 7.50. The first-order valence-electron chi connectivity index (χ1n) is 7.99. The fourth-order valence-electron chi connectivity index (χ4n) is 2.71.